The summed E-state index contributed by atoms with van der Waals surface area (Å²) < 4.78 is 10.5. The summed E-state index contributed by atoms with van der Waals surface area (Å²) in [6.45, 7) is 4.59. The van der Waals surface area contributed by atoms with Gasteiger partial charge in [0, 0.05) is 16.7 Å². The SMILES string of the molecule is C=C(C)C(=O)OCC(=O)OC1c2ccccc2Cc2ccccc21. The van der Waals surface area contributed by atoms with E-state index in [0.717, 1.165) is 28.7 Å². The highest BCUT2D eigenvalue weighted by Crippen LogP contribution is 2.37. The average molecular weight is 322 g/mol. The van der Waals surface area contributed by atoms with Crippen LogP contribution in [0.3, 0.4) is 0 Å². The van der Waals surface area contributed by atoms with Crippen molar-refractivity contribution in [3.8, 4) is 0 Å². The number of fused-ring (bicyclic) bond motifs is 2. The molecule has 0 spiro atoms. The molecule has 0 fully saturated rings. The van der Waals surface area contributed by atoms with Gasteiger partial charge in [-0.05, 0) is 24.5 Å². The van der Waals surface area contributed by atoms with Crippen LogP contribution in [0.2, 0.25) is 0 Å². The van der Waals surface area contributed by atoms with E-state index in [4.69, 9.17) is 9.47 Å². The van der Waals surface area contributed by atoms with E-state index in [-0.39, 0.29) is 5.57 Å². The monoisotopic (exact) mass is 322 g/mol. The topological polar surface area (TPSA) is 52.6 Å². The van der Waals surface area contributed by atoms with Crippen molar-refractivity contribution in [2.45, 2.75) is 19.4 Å². The first-order chi connectivity index (χ1) is 11.6. The lowest BCUT2D eigenvalue weighted by molar-refractivity contribution is -0.159. The normalized spacial score (nSPS) is 12.7. The number of ether oxygens (including phenoxy) is 2. The molecule has 0 N–H and O–H groups in total. The maximum atomic E-state index is 12.1. The zero-order valence-electron chi connectivity index (χ0n) is 13.5. The minimum atomic E-state index is -0.601. The predicted octanol–water partition coefficient (Wildman–Crippen LogP) is 3.34. The minimum absolute atomic E-state index is 0.246. The van der Waals surface area contributed by atoms with Gasteiger partial charge in [0.2, 0.25) is 0 Å². The molecule has 0 radical (unpaired) electrons. The molecule has 1 aliphatic carbocycles. The van der Waals surface area contributed by atoms with E-state index in [1.807, 2.05) is 48.5 Å². The van der Waals surface area contributed by atoms with E-state index in [1.54, 1.807) is 0 Å². The molecule has 24 heavy (non-hydrogen) atoms. The van der Waals surface area contributed by atoms with Crippen LogP contribution in [0, 0.1) is 0 Å². The van der Waals surface area contributed by atoms with Gasteiger partial charge in [-0.2, -0.15) is 0 Å². The van der Waals surface area contributed by atoms with Crippen molar-refractivity contribution in [1.82, 2.24) is 0 Å². The van der Waals surface area contributed by atoms with Crippen LogP contribution in [-0.4, -0.2) is 18.5 Å². The van der Waals surface area contributed by atoms with Crippen molar-refractivity contribution in [3.63, 3.8) is 0 Å². The van der Waals surface area contributed by atoms with Gasteiger partial charge in [-0.1, -0.05) is 55.1 Å². The quantitative estimate of drug-likeness (QED) is 0.640. The van der Waals surface area contributed by atoms with E-state index in [1.165, 1.54) is 6.92 Å². The second-order valence-corrected chi connectivity index (χ2v) is 5.80. The number of carbonyl (C=O) groups is 2. The number of benzene rings is 2. The van der Waals surface area contributed by atoms with E-state index < -0.39 is 24.6 Å². The Morgan fingerprint density at radius 2 is 1.58 bits per heavy atom. The fourth-order valence-corrected chi connectivity index (χ4v) is 2.81. The smallest absolute Gasteiger partial charge is 0.345 e. The van der Waals surface area contributed by atoms with Gasteiger partial charge in [0.05, 0.1) is 0 Å². The molecule has 4 heteroatoms. The number of rotatable bonds is 4. The highest BCUT2D eigenvalue weighted by molar-refractivity contribution is 5.88. The lowest BCUT2D eigenvalue weighted by atomic mass is 9.84. The van der Waals surface area contributed by atoms with Gasteiger partial charge < -0.3 is 9.47 Å². The van der Waals surface area contributed by atoms with Crippen molar-refractivity contribution >= 4 is 11.9 Å². The summed E-state index contributed by atoms with van der Waals surface area (Å²) in [5.41, 5.74) is 4.45. The van der Waals surface area contributed by atoms with E-state index >= 15 is 0 Å². The maximum absolute atomic E-state index is 12.1. The second kappa shape index (κ2) is 6.71. The van der Waals surface area contributed by atoms with Gasteiger partial charge in [0.1, 0.15) is 0 Å². The fraction of sp³-hybridized carbons (Fsp3) is 0.200. The number of esters is 2. The minimum Gasteiger partial charge on any atom is -0.450 e. The van der Waals surface area contributed by atoms with Crippen LogP contribution in [0.4, 0.5) is 0 Å². The van der Waals surface area contributed by atoms with Crippen molar-refractivity contribution in [2.24, 2.45) is 0 Å². The van der Waals surface area contributed by atoms with Gasteiger partial charge in [0.25, 0.3) is 0 Å². The molecule has 0 aliphatic heterocycles. The lowest BCUT2D eigenvalue weighted by Crippen LogP contribution is -2.23. The molecular weight excluding hydrogens is 304 g/mol. The molecule has 0 amide bonds. The average Bonchev–Trinajstić information content (AvgIpc) is 2.59. The van der Waals surface area contributed by atoms with Crippen LogP contribution in [0.5, 0.6) is 0 Å². The summed E-state index contributed by atoms with van der Waals surface area (Å²) in [6.07, 6.45) is 0.326. The highest BCUT2D eigenvalue weighted by atomic mass is 16.6. The number of hydrogen-bond acceptors (Lipinski definition) is 4. The molecular formula is C20H18O4. The number of hydrogen-bond donors (Lipinski definition) is 0. The molecule has 0 heterocycles. The Labute approximate surface area is 140 Å². The zero-order valence-corrected chi connectivity index (χ0v) is 13.5. The molecule has 2 aromatic rings. The number of carbonyl (C=O) groups excluding carboxylic acids is 2. The van der Waals surface area contributed by atoms with Crippen LogP contribution >= 0.6 is 0 Å². The van der Waals surface area contributed by atoms with Crippen LogP contribution in [0.15, 0.2) is 60.7 Å². The van der Waals surface area contributed by atoms with Crippen molar-refractivity contribution < 1.29 is 19.1 Å². The standard InChI is InChI=1S/C20H18O4/c1-13(2)20(22)23-12-18(21)24-19-16-9-5-3-7-14(16)11-15-8-4-6-10-17(15)19/h3-10,19H,1,11-12H2,2H3. The first kappa shape index (κ1) is 16.0. The Morgan fingerprint density at radius 3 is 2.12 bits per heavy atom. The summed E-state index contributed by atoms with van der Waals surface area (Å²) in [5, 5.41) is 0. The third-order valence-electron chi connectivity index (χ3n) is 3.97. The summed E-state index contributed by atoms with van der Waals surface area (Å²) in [4.78, 5) is 23.5. The predicted molar refractivity (Wildman–Crippen MR) is 89.4 cm³/mol. The molecule has 122 valence electrons. The molecule has 4 nitrogen and oxygen atoms in total. The van der Waals surface area contributed by atoms with Gasteiger partial charge in [-0.15, -0.1) is 0 Å². The van der Waals surface area contributed by atoms with Crippen LogP contribution in [0.25, 0.3) is 0 Å². The Bertz CT molecular complexity index is 761. The van der Waals surface area contributed by atoms with E-state index in [9.17, 15) is 9.59 Å². The summed E-state index contributed by atoms with van der Waals surface area (Å²) in [6, 6.07) is 15.8. The molecule has 0 atom stereocenters. The molecule has 2 aromatic carbocycles. The second-order valence-electron chi connectivity index (χ2n) is 5.80. The van der Waals surface area contributed by atoms with Crippen LogP contribution in [-0.2, 0) is 25.5 Å². The lowest BCUT2D eigenvalue weighted by Gasteiger charge is -2.28. The largest absolute Gasteiger partial charge is 0.450 e. The maximum Gasteiger partial charge on any atom is 0.345 e. The zero-order chi connectivity index (χ0) is 17.1. The van der Waals surface area contributed by atoms with Crippen molar-refractivity contribution in [1.29, 1.82) is 0 Å². The molecule has 0 aromatic heterocycles. The first-order valence-electron chi connectivity index (χ1n) is 7.74. The summed E-state index contributed by atoms with van der Waals surface area (Å²) in [7, 11) is 0. The first-order valence-corrected chi connectivity index (χ1v) is 7.74. The van der Waals surface area contributed by atoms with Crippen molar-refractivity contribution in [2.75, 3.05) is 6.61 Å². The Hall–Kier alpha value is -2.88. The fourth-order valence-electron chi connectivity index (χ4n) is 2.81. The molecule has 0 saturated carbocycles. The Morgan fingerprint density at radius 1 is 1.04 bits per heavy atom. The summed E-state index contributed by atoms with van der Waals surface area (Å²) in [5.74, 6) is -1.18. The Kier molecular flexibility index (Phi) is 4.47. The van der Waals surface area contributed by atoms with Crippen molar-refractivity contribution in [3.05, 3.63) is 82.9 Å². The molecule has 0 unspecified atom stereocenters. The van der Waals surface area contributed by atoms with Crippen LogP contribution < -0.4 is 0 Å². The van der Waals surface area contributed by atoms with Gasteiger partial charge >= 0.3 is 11.9 Å². The van der Waals surface area contributed by atoms with Gasteiger partial charge in [0.15, 0.2) is 12.7 Å². The van der Waals surface area contributed by atoms with E-state index in [0.29, 0.717) is 0 Å². The Balaban J connectivity index is 1.81. The highest BCUT2D eigenvalue weighted by Gasteiger charge is 2.28. The van der Waals surface area contributed by atoms with E-state index in [2.05, 4.69) is 6.58 Å². The molecule has 1 aliphatic rings. The third kappa shape index (κ3) is 3.23. The van der Waals surface area contributed by atoms with Gasteiger partial charge in [-0.3, -0.25) is 0 Å². The third-order valence-corrected chi connectivity index (χ3v) is 3.97. The molecule has 3 rings (SSSR count). The summed E-state index contributed by atoms with van der Waals surface area (Å²) >= 11 is 0. The molecule has 0 saturated heterocycles. The van der Waals surface area contributed by atoms with Crippen LogP contribution in [0.1, 0.15) is 35.3 Å². The molecule has 0 bridgehead atoms. The van der Waals surface area contributed by atoms with Gasteiger partial charge in [-0.25, -0.2) is 9.59 Å².